The zero-order valence-electron chi connectivity index (χ0n) is 9.04. The van der Waals surface area contributed by atoms with Gasteiger partial charge >= 0.3 is 11.9 Å². The third kappa shape index (κ3) is 5.56. The molecule has 0 saturated carbocycles. The van der Waals surface area contributed by atoms with Crippen molar-refractivity contribution >= 4 is 11.9 Å². The highest BCUT2D eigenvalue weighted by Gasteiger charge is 2.17. The first-order valence-corrected chi connectivity index (χ1v) is 4.97. The number of unbranched alkanes of at least 4 members (excludes halogenated alkanes) is 1. The number of carbonyl (C=O) groups is 2. The van der Waals surface area contributed by atoms with E-state index in [0.717, 1.165) is 12.8 Å². The van der Waals surface area contributed by atoms with E-state index in [4.69, 9.17) is 9.47 Å². The van der Waals surface area contributed by atoms with Gasteiger partial charge in [-0.1, -0.05) is 13.3 Å². The van der Waals surface area contributed by atoms with Gasteiger partial charge in [0.05, 0.1) is 6.61 Å². The van der Waals surface area contributed by atoms with Crippen molar-refractivity contribution < 1.29 is 19.1 Å². The Morgan fingerprint density at radius 1 is 1.29 bits per heavy atom. The minimum absolute atomic E-state index is 0.301. The molecule has 14 heavy (non-hydrogen) atoms. The summed E-state index contributed by atoms with van der Waals surface area (Å²) in [6.07, 6.45) is 1.29. The third-order valence-corrected chi connectivity index (χ3v) is 1.66. The lowest BCUT2D eigenvalue weighted by molar-refractivity contribution is -0.166. The molecule has 0 amide bonds. The Morgan fingerprint density at radius 2 is 1.93 bits per heavy atom. The lowest BCUT2D eigenvalue weighted by atomic mass is 10.2. The Balaban J connectivity index is 3.75. The van der Waals surface area contributed by atoms with Crippen molar-refractivity contribution in [3.05, 3.63) is 0 Å². The quantitative estimate of drug-likeness (QED) is 0.615. The molecule has 0 aromatic heterocycles. The summed E-state index contributed by atoms with van der Waals surface area (Å²) in [5, 5.41) is 0. The van der Waals surface area contributed by atoms with Crippen LogP contribution in [0.25, 0.3) is 0 Å². The van der Waals surface area contributed by atoms with E-state index in [1.807, 2.05) is 6.92 Å². The Bertz CT molecular complexity index is 189. The number of ether oxygens (including phenoxy) is 2. The average Bonchev–Trinajstić information content (AvgIpc) is 2.15. The number of hydrogen-bond donors (Lipinski definition) is 0. The fourth-order valence-electron chi connectivity index (χ4n) is 0.885. The van der Waals surface area contributed by atoms with Crippen molar-refractivity contribution in [2.45, 2.75) is 46.1 Å². The first-order valence-electron chi connectivity index (χ1n) is 4.97. The molecule has 0 spiro atoms. The van der Waals surface area contributed by atoms with Crippen molar-refractivity contribution in [2.24, 2.45) is 0 Å². The van der Waals surface area contributed by atoms with Gasteiger partial charge in [0.2, 0.25) is 0 Å². The second-order valence-corrected chi connectivity index (χ2v) is 2.99. The van der Waals surface area contributed by atoms with E-state index in [0.29, 0.717) is 13.0 Å². The Morgan fingerprint density at radius 3 is 2.43 bits per heavy atom. The van der Waals surface area contributed by atoms with Gasteiger partial charge in [-0.05, 0) is 20.3 Å². The van der Waals surface area contributed by atoms with E-state index in [9.17, 15) is 9.59 Å². The maximum absolute atomic E-state index is 11.1. The molecule has 4 heteroatoms. The van der Waals surface area contributed by atoms with Gasteiger partial charge in [0.15, 0.2) is 6.10 Å². The van der Waals surface area contributed by atoms with Crippen LogP contribution in [0.5, 0.6) is 0 Å². The van der Waals surface area contributed by atoms with Crippen LogP contribution in [0.2, 0.25) is 0 Å². The molecule has 4 nitrogen and oxygen atoms in total. The van der Waals surface area contributed by atoms with Crippen molar-refractivity contribution in [1.29, 1.82) is 0 Å². The van der Waals surface area contributed by atoms with E-state index in [1.54, 1.807) is 6.92 Å². The summed E-state index contributed by atoms with van der Waals surface area (Å²) in [6, 6.07) is 0. The SMILES string of the molecule is CCCCC(=O)O[C@@H](C)C(=O)OCC. The van der Waals surface area contributed by atoms with Gasteiger partial charge in [-0.25, -0.2) is 4.79 Å². The first-order chi connectivity index (χ1) is 6.61. The van der Waals surface area contributed by atoms with Crippen LogP contribution in [0.4, 0.5) is 0 Å². The lowest BCUT2D eigenvalue weighted by Crippen LogP contribution is -2.26. The zero-order valence-corrected chi connectivity index (χ0v) is 9.04. The number of rotatable bonds is 6. The molecular formula is C10H18O4. The summed E-state index contributed by atoms with van der Waals surface area (Å²) in [4.78, 5) is 22.1. The van der Waals surface area contributed by atoms with E-state index in [1.165, 1.54) is 6.92 Å². The van der Waals surface area contributed by atoms with Crippen LogP contribution in [0.1, 0.15) is 40.0 Å². The largest absolute Gasteiger partial charge is 0.463 e. The van der Waals surface area contributed by atoms with Gasteiger partial charge in [-0.2, -0.15) is 0 Å². The predicted octanol–water partition coefficient (Wildman–Crippen LogP) is 1.67. The number of hydrogen-bond acceptors (Lipinski definition) is 4. The minimum Gasteiger partial charge on any atom is -0.463 e. The summed E-state index contributed by atoms with van der Waals surface area (Å²) < 4.78 is 9.55. The molecule has 0 fully saturated rings. The van der Waals surface area contributed by atoms with Crippen LogP contribution in [0, 0.1) is 0 Å². The monoisotopic (exact) mass is 202 g/mol. The van der Waals surface area contributed by atoms with Crippen LogP contribution >= 0.6 is 0 Å². The number of esters is 2. The van der Waals surface area contributed by atoms with Crippen molar-refractivity contribution in [1.82, 2.24) is 0 Å². The molecule has 0 unspecified atom stereocenters. The van der Waals surface area contributed by atoms with Gasteiger partial charge in [-0.3, -0.25) is 4.79 Å². The normalized spacial score (nSPS) is 11.9. The third-order valence-electron chi connectivity index (χ3n) is 1.66. The highest BCUT2D eigenvalue weighted by atomic mass is 16.6. The molecule has 0 aromatic carbocycles. The van der Waals surface area contributed by atoms with Crippen LogP contribution in [0.15, 0.2) is 0 Å². The second kappa shape index (κ2) is 7.35. The van der Waals surface area contributed by atoms with E-state index in [-0.39, 0.29) is 5.97 Å². The molecule has 0 aliphatic carbocycles. The van der Waals surface area contributed by atoms with Gasteiger partial charge in [0.25, 0.3) is 0 Å². The molecular weight excluding hydrogens is 184 g/mol. The highest BCUT2D eigenvalue weighted by Crippen LogP contribution is 2.01. The lowest BCUT2D eigenvalue weighted by Gasteiger charge is -2.11. The van der Waals surface area contributed by atoms with Gasteiger partial charge in [-0.15, -0.1) is 0 Å². The summed E-state index contributed by atoms with van der Waals surface area (Å²) in [5.41, 5.74) is 0. The van der Waals surface area contributed by atoms with Crippen LogP contribution in [-0.4, -0.2) is 24.6 Å². The maximum Gasteiger partial charge on any atom is 0.347 e. The summed E-state index contributed by atoms with van der Waals surface area (Å²) >= 11 is 0. The molecule has 0 aliphatic rings. The van der Waals surface area contributed by atoms with Crippen molar-refractivity contribution in [2.75, 3.05) is 6.61 Å². The first kappa shape index (κ1) is 12.9. The fraction of sp³-hybridized carbons (Fsp3) is 0.800. The van der Waals surface area contributed by atoms with Crippen LogP contribution in [-0.2, 0) is 19.1 Å². The maximum atomic E-state index is 11.1. The smallest absolute Gasteiger partial charge is 0.347 e. The molecule has 0 rings (SSSR count). The minimum atomic E-state index is -0.792. The summed E-state index contributed by atoms with van der Waals surface area (Å²) in [6.45, 7) is 5.52. The zero-order chi connectivity index (χ0) is 11.0. The van der Waals surface area contributed by atoms with Crippen molar-refractivity contribution in [3.63, 3.8) is 0 Å². The molecule has 0 saturated heterocycles. The predicted molar refractivity (Wildman–Crippen MR) is 51.7 cm³/mol. The molecule has 0 heterocycles. The summed E-state index contributed by atoms with van der Waals surface area (Å²) in [7, 11) is 0. The molecule has 0 aliphatic heterocycles. The Kier molecular flexibility index (Phi) is 6.80. The fourth-order valence-corrected chi connectivity index (χ4v) is 0.885. The average molecular weight is 202 g/mol. The van der Waals surface area contributed by atoms with Gasteiger partial charge in [0, 0.05) is 6.42 Å². The topological polar surface area (TPSA) is 52.6 Å². The second-order valence-electron chi connectivity index (χ2n) is 2.99. The van der Waals surface area contributed by atoms with Crippen LogP contribution < -0.4 is 0 Å². The van der Waals surface area contributed by atoms with E-state index < -0.39 is 12.1 Å². The van der Waals surface area contributed by atoms with Crippen LogP contribution in [0.3, 0.4) is 0 Å². The van der Waals surface area contributed by atoms with Crippen molar-refractivity contribution in [3.8, 4) is 0 Å². The molecule has 0 bridgehead atoms. The number of carbonyl (C=O) groups excluding carboxylic acids is 2. The molecule has 0 N–H and O–H groups in total. The molecule has 0 radical (unpaired) electrons. The molecule has 1 atom stereocenters. The molecule has 82 valence electrons. The van der Waals surface area contributed by atoms with Gasteiger partial charge in [0.1, 0.15) is 0 Å². The summed E-state index contributed by atoms with van der Waals surface area (Å²) in [5.74, 6) is -0.829. The van der Waals surface area contributed by atoms with E-state index >= 15 is 0 Å². The Labute approximate surface area is 84.6 Å². The Hall–Kier alpha value is -1.06. The van der Waals surface area contributed by atoms with Gasteiger partial charge < -0.3 is 9.47 Å². The standard InChI is InChI=1S/C10H18O4/c1-4-6-7-9(11)14-8(3)10(12)13-5-2/h8H,4-7H2,1-3H3/t8-/m0/s1. The van der Waals surface area contributed by atoms with E-state index in [2.05, 4.69) is 0 Å². The highest BCUT2D eigenvalue weighted by molar-refractivity contribution is 5.78. The molecule has 0 aromatic rings.